The Balaban J connectivity index is 1.71. The van der Waals surface area contributed by atoms with E-state index >= 15 is 0 Å². The minimum absolute atomic E-state index is 0.108. The quantitative estimate of drug-likeness (QED) is 0.565. The SMILES string of the molecule is CC(C)(C)c1ccc(-c2nc3sc(C4CCCCC4)nn3c2C=O)cc1. The van der Waals surface area contributed by atoms with E-state index in [1.807, 2.05) is 0 Å². The van der Waals surface area contributed by atoms with Crippen LogP contribution < -0.4 is 0 Å². The zero-order valence-electron chi connectivity index (χ0n) is 15.7. The Kier molecular flexibility index (Phi) is 4.43. The van der Waals surface area contributed by atoms with Crippen molar-refractivity contribution >= 4 is 22.6 Å². The Labute approximate surface area is 158 Å². The molecule has 1 saturated carbocycles. The van der Waals surface area contributed by atoms with E-state index < -0.39 is 0 Å². The predicted molar refractivity (Wildman–Crippen MR) is 106 cm³/mol. The number of carbonyl (C=O) groups is 1. The van der Waals surface area contributed by atoms with Crippen LogP contribution in [0.15, 0.2) is 24.3 Å². The van der Waals surface area contributed by atoms with Crippen molar-refractivity contribution in [2.75, 3.05) is 0 Å². The first kappa shape index (κ1) is 17.4. The van der Waals surface area contributed by atoms with Gasteiger partial charge in [0.05, 0.1) is 0 Å². The summed E-state index contributed by atoms with van der Waals surface area (Å²) in [5.41, 5.74) is 3.64. The Morgan fingerprint density at radius 1 is 1.12 bits per heavy atom. The molecule has 0 radical (unpaired) electrons. The lowest BCUT2D eigenvalue weighted by Crippen LogP contribution is -2.10. The van der Waals surface area contributed by atoms with Gasteiger partial charge < -0.3 is 0 Å². The highest BCUT2D eigenvalue weighted by Gasteiger charge is 2.23. The second-order valence-electron chi connectivity index (χ2n) is 8.26. The molecule has 0 N–H and O–H groups in total. The predicted octanol–water partition coefficient (Wildman–Crippen LogP) is 5.62. The maximum atomic E-state index is 11.8. The fourth-order valence-electron chi connectivity index (χ4n) is 3.74. The van der Waals surface area contributed by atoms with E-state index in [0.717, 1.165) is 27.5 Å². The van der Waals surface area contributed by atoms with Crippen molar-refractivity contribution in [3.63, 3.8) is 0 Å². The molecule has 0 saturated heterocycles. The maximum Gasteiger partial charge on any atom is 0.213 e. The van der Waals surface area contributed by atoms with Gasteiger partial charge >= 0.3 is 0 Å². The van der Waals surface area contributed by atoms with Gasteiger partial charge in [-0.25, -0.2) is 4.98 Å². The lowest BCUT2D eigenvalue weighted by Gasteiger charge is -2.19. The summed E-state index contributed by atoms with van der Waals surface area (Å²) in [6, 6.07) is 8.36. The molecule has 4 rings (SSSR count). The molecule has 3 aromatic rings. The molecule has 1 aliphatic carbocycles. The van der Waals surface area contributed by atoms with Crippen molar-refractivity contribution in [1.82, 2.24) is 14.6 Å². The Morgan fingerprint density at radius 2 is 1.81 bits per heavy atom. The fraction of sp³-hybridized carbons (Fsp3) is 0.476. The molecule has 0 unspecified atom stereocenters. The standard InChI is InChI=1S/C21H25N3OS/c1-21(2,3)16-11-9-14(10-12-16)18-17(13-25)24-20(22-18)26-19(23-24)15-7-5-4-6-8-15/h9-13,15H,4-8H2,1-3H3. The number of rotatable bonds is 3. The van der Waals surface area contributed by atoms with Gasteiger partial charge in [0.1, 0.15) is 16.4 Å². The summed E-state index contributed by atoms with van der Waals surface area (Å²) in [5.74, 6) is 0.532. The van der Waals surface area contributed by atoms with Crippen molar-refractivity contribution in [2.45, 2.75) is 64.2 Å². The van der Waals surface area contributed by atoms with Gasteiger partial charge in [-0.3, -0.25) is 4.79 Å². The molecule has 2 heterocycles. The van der Waals surface area contributed by atoms with E-state index in [2.05, 4.69) is 45.0 Å². The molecule has 5 heteroatoms. The molecule has 4 nitrogen and oxygen atoms in total. The lowest BCUT2D eigenvalue weighted by molar-refractivity contribution is 0.111. The van der Waals surface area contributed by atoms with E-state index in [1.54, 1.807) is 15.9 Å². The third-order valence-corrected chi connectivity index (χ3v) is 6.42. The molecule has 1 aliphatic rings. The summed E-state index contributed by atoms with van der Waals surface area (Å²) in [7, 11) is 0. The van der Waals surface area contributed by atoms with Gasteiger partial charge in [0.25, 0.3) is 0 Å². The molecule has 136 valence electrons. The van der Waals surface area contributed by atoms with E-state index in [4.69, 9.17) is 10.1 Å². The molecule has 0 amide bonds. The molecule has 26 heavy (non-hydrogen) atoms. The minimum Gasteiger partial charge on any atom is -0.296 e. The van der Waals surface area contributed by atoms with Crippen LogP contribution in [0.1, 0.15) is 79.9 Å². The maximum absolute atomic E-state index is 11.8. The van der Waals surface area contributed by atoms with Gasteiger partial charge in [-0.15, -0.1) is 0 Å². The van der Waals surface area contributed by atoms with E-state index in [9.17, 15) is 4.79 Å². The third kappa shape index (κ3) is 3.09. The smallest absolute Gasteiger partial charge is 0.213 e. The largest absolute Gasteiger partial charge is 0.296 e. The number of hydrogen-bond acceptors (Lipinski definition) is 4. The van der Waals surface area contributed by atoms with Crippen LogP contribution in [-0.2, 0) is 5.41 Å². The zero-order valence-corrected chi connectivity index (χ0v) is 16.5. The van der Waals surface area contributed by atoms with E-state index in [1.165, 1.54) is 37.7 Å². The van der Waals surface area contributed by atoms with Crippen LogP contribution in [-0.4, -0.2) is 20.9 Å². The monoisotopic (exact) mass is 367 g/mol. The van der Waals surface area contributed by atoms with Crippen LogP contribution in [0, 0.1) is 0 Å². The second-order valence-corrected chi connectivity index (χ2v) is 9.25. The van der Waals surface area contributed by atoms with Gasteiger partial charge in [-0.2, -0.15) is 9.61 Å². The fourth-order valence-corrected chi connectivity index (χ4v) is 4.81. The first-order valence-corrected chi connectivity index (χ1v) is 10.2. The summed E-state index contributed by atoms with van der Waals surface area (Å²) in [4.78, 5) is 17.4. The number of carbonyl (C=O) groups excluding carboxylic acids is 1. The molecule has 2 aromatic heterocycles. The second kappa shape index (κ2) is 6.62. The highest BCUT2D eigenvalue weighted by molar-refractivity contribution is 7.16. The lowest BCUT2D eigenvalue weighted by atomic mass is 9.86. The van der Waals surface area contributed by atoms with Crippen molar-refractivity contribution < 1.29 is 4.79 Å². The van der Waals surface area contributed by atoms with Gasteiger partial charge in [0.2, 0.25) is 4.96 Å². The summed E-state index contributed by atoms with van der Waals surface area (Å²) in [6.07, 6.45) is 7.17. The summed E-state index contributed by atoms with van der Waals surface area (Å²) in [5, 5.41) is 5.88. The Hall–Kier alpha value is -2.01. The van der Waals surface area contributed by atoms with E-state index in [-0.39, 0.29) is 5.41 Å². The minimum atomic E-state index is 0.108. The summed E-state index contributed by atoms with van der Waals surface area (Å²) >= 11 is 1.64. The molecule has 0 aliphatic heterocycles. The van der Waals surface area contributed by atoms with Crippen LogP contribution in [0.3, 0.4) is 0 Å². The average Bonchev–Trinajstić information content (AvgIpc) is 3.19. The van der Waals surface area contributed by atoms with Crippen LogP contribution in [0.2, 0.25) is 0 Å². The van der Waals surface area contributed by atoms with Crippen LogP contribution in [0.4, 0.5) is 0 Å². The number of imidazole rings is 1. The van der Waals surface area contributed by atoms with Crippen molar-refractivity contribution in [2.24, 2.45) is 0 Å². The van der Waals surface area contributed by atoms with Crippen molar-refractivity contribution in [3.8, 4) is 11.3 Å². The van der Waals surface area contributed by atoms with Crippen LogP contribution in [0.5, 0.6) is 0 Å². The molecule has 0 spiro atoms. The summed E-state index contributed by atoms with van der Waals surface area (Å²) < 4.78 is 1.74. The normalized spacial score (nSPS) is 16.3. The Morgan fingerprint density at radius 3 is 2.42 bits per heavy atom. The number of benzene rings is 1. The van der Waals surface area contributed by atoms with Crippen LogP contribution in [0.25, 0.3) is 16.2 Å². The highest BCUT2D eigenvalue weighted by Crippen LogP contribution is 2.36. The summed E-state index contributed by atoms with van der Waals surface area (Å²) in [6.45, 7) is 6.59. The number of aldehydes is 1. The number of fused-ring (bicyclic) bond motifs is 1. The average molecular weight is 368 g/mol. The van der Waals surface area contributed by atoms with Gasteiger partial charge in [-0.05, 0) is 23.8 Å². The van der Waals surface area contributed by atoms with Gasteiger partial charge in [0, 0.05) is 11.5 Å². The molecular formula is C21H25N3OS. The van der Waals surface area contributed by atoms with Gasteiger partial charge in [-0.1, -0.05) is 75.6 Å². The van der Waals surface area contributed by atoms with Crippen LogP contribution >= 0.6 is 11.3 Å². The molecule has 1 fully saturated rings. The van der Waals surface area contributed by atoms with Crippen molar-refractivity contribution in [1.29, 1.82) is 0 Å². The topological polar surface area (TPSA) is 47.3 Å². The molecule has 1 aromatic carbocycles. The zero-order chi connectivity index (χ0) is 18.3. The number of nitrogens with zero attached hydrogens (tertiary/aromatic N) is 3. The van der Waals surface area contributed by atoms with Crippen molar-refractivity contribution in [3.05, 3.63) is 40.5 Å². The molecule has 0 bridgehead atoms. The van der Waals surface area contributed by atoms with E-state index in [0.29, 0.717) is 11.6 Å². The first-order valence-electron chi connectivity index (χ1n) is 9.43. The van der Waals surface area contributed by atoms with Gasteiger partial charge in [0.15, 0.2) is 6.29 Å². The molecule has 0 atom stereocenters. The Bertz CT molecular complexity index is 925. The first-order chi connectivity index (χ1) is 12.5. The number of hydrogen-bond donors (Lipinski definition) is 0. The molecular weight excluding hydrogens is 342 g/mol. The third-order valence-electron chi connectivity index (χ3n) is 5.34. The number of aromatic nitrogens is 3. The highest BCUT2D eigenvalue weighted by atomic mass is 32.1.